The van der Waals surface area contributed by atoms with Crippen molar-refractivity contribution < 1.29 is 9.47 Å². The fourth-order valence-electron chi connectivity index (χ4n) is 2.70. The normalized spacial score (nSPS) is 10.8. The number of hydrogen-bond acceptors (Lipinski definition) is 6. The number of hydrogen-bond donors (Lipinski definition) is 1. The van der Waals surface area contributed by atoms with Crippen LogP contribution in [0.3, 0.4) is 0 Å². The van der Waals surface area contributed by atoms with Crippen LogP contribution in [0.15, 0.2) is 43.0 Å². The van der Waals surface area contributed by atoms with Crippen LogP contribution in [-0.2, 0) is 11.3 Å². The van der Waals surface area contributed by atoms with Crippen molar-refractivity contribution in [1.29, 1.82) is 0 Å². The maximum Gasteiger partial charge on any atom is 0.139 e. The molecule has 0 saturated carbocycles. The molecule has 0 fully saturated rings. The average molecular weight is 339 g/mol. The highest BCUT2D eigenvalue weighted by molar-refractivity contribution is 5.74. The van der Waals surface area contributed by atoms with Crippen molar-refractivity contribution in [3.63, 3.8) is 0 Å². The molecule has 0 amide bonds. The fraction of sp³-hybridized carbons (Fsp3) is 0.278. The second-order valence-electron chi connectivity index (χ2n) is 5.53. The van der Waals surface area contributed by atoms with Crippen LogP contribution < -0.4 is 10.5 Å². The van der Waals surface area contributed by atoms with Crippen LogP contribution in [-0.4, -0.2) is 40.3 Å². The van der Waals surface area contributed by atoms with E-state index in [2.05, 4.69) is 19.5 Å². The van der Waals surface area contributed by atoms with Crippen LogP contribution in [0, 0.1) is 0 Å². The molecule has 2 aromatic heterocycles. The summed E-state index contributed by atoms with van der Waals surface area (Å²) in [6.07, 6.45) is 6.14. The van der Waals surface area contributed by atoms with Crippen LogP contribution in [0.4, 0.5) is 5.82 Å². The molecule has 2 N–H and O–H groups in total. The Morgan fingerprint density at radius 1 is 1.12 bits per heavy atom. The van der Waals surface area contributed by atoms with Gasteiger partial charge in [-0.15, -0.1) is 0 Å². The lowest BCUT2D eigenvalue weighted by Gasteiger charge is -2.12. The topological polar surface area (TPSA) is 88.1 Å². The van der Waals surface area contributed by atoms with E-state index in [9.17, 15) is 0 Å². The minimum atomic E-state index is 0.415. The smallest absolute Gasteiger partial charge is 0.139 e. The van der Waals surface area contributed by atoms with E-state index in [1.807, 2.05) is 24.4 Å². The molecule has 130 valence electrons. The number of ether oxygens (including phenoxy) is 2. The summed E-state index contributed by atoms with van der Waals surface area (Å²) in [5, 5.41) is 0. The largest absolute Gasteiger partial charge is 0.496 e. The molecule has 3 aromatic rings. The predicted molar refractivity (Wildman–Crippen MR) is 96.1 cm³/mol. The van der Waals surface area contributed by atoms with Gasteiger partial charge in [0.15, 0.2) is 0 Å². The third-order valence-electron chi connectivity index (χ3n) is 3.88. The summed E-state index contributed by atoms with van der Waals surface area (Å²) in [6.45, 7) is 1.55. The third-order valence-corrected chi connectivity index (χ3v) is 3.88. The molecule has 1 aromatic carbocycles. The van der Waals surface area contributed by atoms with E-state index in [0.717, 1.165) is 35.7 Å². The standard InChI is InChI=1S/C18H21N5O2/c1-24-9-3-7-23-8-6-20-18(23)13-4-5-16(25-2)14(10-13)15-11-17(19)22-12-21-15/h4-6,8,10-12H,3,7,9H2,1-2H3,(H2,19,21,22). The number of aromatic nitrogens is 4. The zero-order valence-corrected chi connectivity index (χ0v) is 14.3. The van der Waals surface area contributed by atoms with Gasteiger partial charge in [-0.3, -0.25) is 0 Å². The van der Waals surface area contributed by atoms with Gasteiger partial charge in [0.2, 0.25) is 0 Å². The van der Waals surface area contributed by atoms with Gasteiger partial charge in [0.25, 0.3) is 0 Å². The van der Waals surface area contributed by atoms with E-state index in [0.29, 0.717) is 18.1 Å². The molecule has 7 heteroatoms. The van der Waals surface area contributed by atoms with Crippen molar-refractivity contribution in [3.8, 4) is 28.4 Å². The first kappa shape index (κ1) is 16.9. The Labute approximate surface area is 146 Å². The molecule has 0 bridgehead atoms. The van der Waals surface area contributed by atoms with Crippen LogP contribution in [0.1, 0.15) is 6.42 Å². The summed E-state index contributed by atoms with van der Waals surface area (Å²) in [7, 11) is 3.34. The molecule has 25 heavy (non-hydrogen) atoms. The number of nitrogen functional groups attached to an aromatic ring is 1. The lowest BCUT2D eigenvalue weighted by atomic mass is 10.1. The van der Waals surface area contributed by atoms with Crippen molar-refractivity contribution in [2.75, 3.05) is 26.6 Å². The van der Waals surface area contributed by atoms with Gasteiger partial charge in [-0.1, -0.05) is 0 Å². The molecule has 0 spiro atoms. The van der Waals surface area contributed by atoms with E-state index < -0.39 is 0 Å². The highest BCUT2D eigenvalue weighted by Crippen LogP contribution is 2.33. The number of nitrogens with two attached hydrogens (primary N) is 1. The van der Waals surface area contributed by atoms with Crippen molar-refractivity contribution in [2.24, 2.45) is 0 Å². The number of nitrogens with zero attached hydrogens (tertiary/aromatic N) is 4. The lowest BCUT2D eigenvalue weighted by molar-refractivity contribution is 0.190. The Balaban J connectivity index is 1.99. The van der Waals surface area contributed by atoms with Crippen LogP contribution >= 0.6 is 0 Å². The molecular weight excluding hydrogens is 318 g/mol. The molecule has 0 aliphatic rings. The molecule has 0 unspecified atom stereocenters. The fourth-order valence-corrected chi connectivity index (χ4v) is 2.70. The number of methoxy groups -OCH3 is 2. The Kier molecular flexibility index (Phi) is 5.25. The highest BCUT2D eigenvalue weighted by atomic mass is 16.5. The summed E-state index contributed by atoms with van der Waals surface area (Å²) in [4.78, 5) is 12.8. The van der Waals surface area contributed by atoms with Crippen LogP contribution in [0.2, 0.25) is 0 Å². The zero-order valence-electron chi connectivity index (χ0n) is 14.3. The summed E-state index contributed by atoms with van der Waals surface area (Å²) in [5.74, 6) is 2.03. The first-order valence-electron chi connectivity index (χ1n) is 7.99. The monoisotopic (exact) mass is 339 g/mol. The molecule has 0 aliphatic heterocycles. The Hall–Kier alpha value is -2.93. The van der Waals surface area contributed by atoms with E-state index in [4.69, 9.17) is 15.2 Å². The van der Waals surface area contributed by atoms with Crippen LogP contribution in [0.25, 0.3) is 22.6 Å². The third kappa shape index (κ3) is 3.77. The van der Waals surface area contributed by atoms with Gasteiger partial charge >= 0.3 is 0 Å². The number of benzene rings is 1. The van der Waals surface area contributed by atoms with Gasteiger partial charge in [-0.25, -0.2) is 15.0 Å². The molecule has 0 atom stereocenters. The molecular formula is C18H21N5O2. The van der Waals surface area contributed by atoms with Crippen LogP contribution in [0.5, 0.6) is 5.75 Å². The molecule has 0 aliphatic carbocycles. The number of aryl methyl sites for hydroxylation is 1. The average Bonchev–Trinajstić information content (AvgIpc) is 3.10. The van der Waals surface area contributed by atoms with Crippen molar-refractivity contribution >= 4 is 5.82 Å². The Bertz CT molecular complexity index is 847. The van der Waals surface area contributed by atoms with Crippen molar-refractivity contribution in [1.82, 2.24) is 19.5 Å². The minimum absolute atomic E-state index is 0.415. The number of anilines is 1. The molecule has 0 radical (unpaired) electrons. The molecule has 7 nitrogen and oxygen atoms in total. The second kappa shape index (κ2) is 7.76. The van der Waals surface area contributed by atoms with E-state index in [-0.39, 0.29) is 0 Å². The second-order valence-corrected chi connectivity index (χ2v) is 5.53. The molecule has 3 rings (SSSR count). The predicted octanol–water partition coefficient (Wildman–Crippen LogP) is 2.63. The first-order valence-corrected chi connectivity index (χ1v) is 7.99. The van der Waals surface area contributed by atoms with E-state index in [1.165, 1.54) is 6.33 Å². The maximum atomic E-state index is 5.79. The van der Waals surface area contributed by atoms with Gasteiger partial charge in [-0.2, -0.15) is 0 Å². The van der Waals surface area contributed by atoms with Gasteiger partial charge in [0.1, 0.15) is 23.7 Å². The van der Waals surface area contributed by atoms with Gasteiger partial charge in [-0.05, 0) is 24.6 Å². The van der Waals surface area contributed by atoms with Gasteiger partial charge < -0.3 is 19.8 Å². The molecule has 2 heterocycles. The van der Waals surface area contributed by atoms with Crippen molar-refractivity contribution in [2.45, 2.75) is 13.0 Å². The Morgan fingerprint density at radius 2 is 2.00 bits per heavy atom. The summed E-state index contributed by atoms with van der Waals surface area (Å²) < 4.78 is 12.7. The minimum Gasteiger partial charge on any atom is -0.496 e. The summed E-state index contributed by atoms with van der Waals surface area (Å²) >= 11 is 0. The van der Waals surface area contributed by atoms with E-state index in [1.54, 1.807) is 26.5 Å². The summed E-state index contributed by atoms with van der Waals surface area (Å²) in [5.41, 5.74) is 8.33. The number of rotatable bonds is 7. The zero-order chi connectivity index (χ0) is 17.6. The highest BCUT2D eigenvalue weighted by Gasteiger charge is 2.13. The quantitative estimate of drug-likeness (QED) is 0.666. The SMILES string of the molecule is COCCCn1ccnc1-c1ccc(OC)c(-c2cc(N)ncn2)c1. The van der Waals surface area contributed by atoms with Crippen molar-refractivity contribution in [3.05, 3.63) is 43.0 Å². The van der Waals surface area contributed by atoms with Gasteiger partial charge in [0, 0.05) is 49.8 Å². The number of imidazole rings is 1. The molecule has 0 saturated heterocycles. The lowest BCUT2D eigenvalue weighted by Crippen LogP contribution is -2.03. The Morgan fingerprint density at radius 3 is 2.76 bits per heavy atom. The first-order chi connectivity index (χ1) is 12.2. The van der Waals surface area contributed by atoms with Gasteiger partial charge in [0.05, 0.1) is 12.8 Å². The van der Waals surface area contributed by atoms with E-state index >= 15 is 0 Å². The maximum absolute atomic E-state index is 5.79. The summed E-state index contributed by atoms with van der Waals surface area (Å²) in [6, 6.07) is 7.64.